The van der Waals surface area contributed by atoms with Crippen LogP contribution in [0.3, 0.4) is 0 Å². The lowest BCUT2D eigenvalue weighted by molar-refractivity contribution is 0.0941. The van der Waals surface area contributed by atoms with Crippen LogP contribution >= 0.6 is 24.0 Å². The Morgan fingerprint density at radius 3 is 2.46 bits per heavy atom. The average Bonchev–Trinajstić information content (AvgIpc) is 2.63. The molecular formula is C19H25Cl2N3O2. The lowest BCUT2D eigenvalue weighted by Crippen LogP contribution is -2.49. The standard InChI is InChI=1S/C19H24ClN3O2.ClH/c1-3-19(21,4-2)13-22-18(25)15-9-10-17(24)23(12-15)11-14-7-5-6-8-16(14)20;/h5-10,12H,3-4,11,13,21H2,1-2H3,(H,22,25);1H. The van der Waals surface area contributed by atoms with E-state index in [0.717, 1.165) is 18.4 Å². The molecule has 0 aliphatic heterocycles. The molecule has 142 valence electrons. The third-order valence-corrected chi connectivity index (χ3v) is 4.92. The van der Waals surface area contributed by atoms with Gasteiger partial charge in [-0.1, -0.05) is 43.6 Å². The van der Waals surface area contributed by atoms with Crippen molar-refractivity contribution >= 4 is 29.9 Å². The number of pyridine rings is 1. The van der Waals surface area contributed by atoms with Gasteiger partial charge in [-0.2, -0.15) is 0 Å². The summed E-state index contributed by atoms with van der Waals surface area (Å²) in [5.74, 6) is -0.246. The van der Waals surface area contributed by atoms with E-state index in [1.807, 2.05) is 32.0 Å². The summed E-state index contributed by atoms with van der Waals surface area (Å²) in [6.07, 6.45) is 3.10. The van der Waals surface area contributed by atoms with Gasteiger partial charge in [-0.25, -0.2) is 0 Å². The van der Waals surface area contributed by atoms with Crippen molar-refractivity contribution in [3.05, 3.63) is 69.1 Å². The van der Waals surface area contributed by atoms with Crippen LogP contribution in [0, 0.1) is 0 Å². The number of amides is 1. The fourth-order valence-electron chi connectivity index (χ4n) is 2.46. The highest BCUT2D eigenvalue weighted by atomic mass is 35.5. The van der Waals surface area contributed by atoms with Crippen molar-refractivity contribution < 1.29 is 4.79 Å². The Morgan fingerprint density at radius 1 is 1.19 bits per heavy atom. The normalized spacial score (nSPS) is 10.9. The summed E-state index contributed by atoms with van der Waals surface area (Å²) in [4.78, 5) is 24.5. The van der Waals surface area contributed by atoms with E-state index in [2.05, 4.69) is 5.32 Å². The number of nitrogens with two attached hydrogens (primary N) is 1. The number of carbonyl (C=O) groups is 1. The lowest BCUT2D eigenvalue weighted by atomic mass is 9.94. The highest BCUT2D eigenvalue weighted by Crippen LogP contribution is 2.16. The topological polar surface area (TPSA) is 77.1 Å². The molecule has 0 aliphatic carbocycles. The van der Waals surface area contributed by atoms with Crippen LogP contribution in [0.2, 0.25) is 5.02 Å². The van der Waals surface area contributed by atoms with Gasteiger partial charge in [0.25, 0.3) is 11.5 Å². The van der Waals surface area contributed by atoms with Crippen molar-refractivity contribution in [1.82, 2.24) is 9.88 Å². The zero-order chi connectivity index (χ0) is 18.4. The first-order valence-corrected chi connectivity index (χ1v) is 8.77. The van der Waals surface area contributed by atoms with Gasteiger partial charge in [0.15, 0.2) is 0 Å². The van der Waals surface area contributed by atoms with Gasteiger partial charge in [-0.15, -0.1) is 12.4 Å². The van der Waals surface area contributed by atoms with Crippen molar-refractivity contribution in [3.8, 4) is 0 Å². The maximum atomic E-state index is 12.4. The minimum atomic E-state index is -0.415. The predicted octanol–water partition coefficient (Wildman–Crippen LogP) is 3.22. The highest BCUT2D eigenvalue weighted by molar-refractivity contribution is 6.31. The van der Waals surface area contributed by atoms with Gasteiger partial charge in [0.05, 0.1) is 12.1 Å². The number of benzene rings is 1. The molecule has 0 atom stereocenters. The molecule has 1 aromatic carbocycles. The minimum Gasteiger partial charge on any atom is -0.350 e. The molecule has 3 N–H and O–H groups in total. The largest absolute Gasteiger partial charge is 0.350 e. The summed E-state index contributed by atoms with van der Waals surface area (Å²) in [6, 6.07) is 10.2. The summed E-state index contributed by atoms with van der Waals surface area (Å²) >= 11 is 6.15. The maximum Gasteiger partial charge on any atom is 0.252 e. The average molecular weight is 398 g/mol. The molecule has 0 saturated carbocycles. The fraction of sp³-hybridized carbons (Fsp3) is 0.368. The number of aromatic nitrogens is 1. The third-order valence-electron chi connectivity index (χ3n) is 4.55. The van der Waals surface area contributed by atoms with Crippen molar-refractivity contribution in [2.75, 3.05) is 6.54 Å². The monoisotopic (exact) mass is 397 g/mol. The number of hydrogen-bond donors (Lipinski definition) is 2. The molecule has 1 heterocycles. The quantitative estimate of drug-likeness (QED) is 0.752. The van der Waals surface area contributed by atoms with Crippen LogP contribution in [0.25, 0.3) is 0 Å². The molecule has 0 unspecified atom stereocenters. The molecule has 26 heavy (non-hydrogen) atoms. The molecule has 0 fully saturated rings. The summed E-state index contributed by atoms with van der Waals surface area (Å²) in [6.45, 7) is 4.70. The Bertz CT molecular complexity index is 801. The van der Waals surface area contributed by atoms with Crippen LogP contribution in [0.1, 0.15) is 42.6 Å². The van der Waals surface area contributed by atoms with Gasteiger partial charge in [0.1, 0.15) is 0 Å². The Balaban J connectivity index is 0.00000338. The molecule has 1 aromatic heterocycles. The van der Waals surface area contributed by atoms with E-state index in [-0.39, 0.29) is 23.9 Å². The van der Waals surface area contributed by atoms with Crippen molar-refractivity contribution in [1.29, 1.82) is 0 Å². The van der Waals surface area contributed by atoms with E-state index in [9.17, 15) is 9.59 Å². The Kier molecular flexibility index (Phi) is 8.34. The Hall–Kier alpha value is -1.82. The van der Waals surface area contributed by atoms with E-state index < -0.39 is 5.54 Å². The second kappa shape index (κ2) is 9.76. The highest BCUT2D eigenvalue weighted by Gasteiger charge is 2.21. The minimum absolute atomic E-state index is 0. The van der Waals surface area contributed by atoms with Gasteiger partial charge in [-0.05, 0) is 30.5 Å². The number of nitrogens with one attached hydrogen (secondary N) is 1. The smallest absolute Gasteiger partial charge is 0.252 e. The maximum absolute atomic E-state index is 12.4. The fourth-order valence-corrected chi connectivity index (χ4v) is 2.65. The SMILES string of the molecule is CCC(N)(CC)CNC(=O)c1ccc(=O)n(Cc2ccccc2Cl)c1.Cl. The van der Waals surface area contributed by atoms with E-state index >= 15 is 0 Å². The second-order valence-corrected chi connectivity index (χ2v) is 6.63. The van der Waals surface area contributed by atoms with Crippen molar-refractivity contribution in [3.63, 3.8) is 0 Å². The van der Waals surface area contributed by atoms with Gasteiger partial charge in [0, 0.05) is 29.4 Å². The molecule has 1 amide bonds. The Labute approximate surface area is 165 Å². The second-order valence-electron chi connectivity index (χ2n) is 6.23. The molecule has 0 bridgehead atoms. The molecule has 0 radical (unpaired) electrons. The van der Waals surface area contributed by atoms with Crippen LogP contribution in [-0.4, -0.2) is 22.6 Å². The molecule has 2 aromatic rings. The molecule has 5 nitrogen and oxygen atoms in total. The van der Waals surface area contributed by atoms with Crippen LogP contribution < -0.4 is 16.6 Å². The molecule has 2 rings (SSSR count). The summed E-state index contributed by atoms with van der Waals surface area (Å²) in [7, 11) is 0. The third kappa shape index (κ3) is 5.59. The van der Waals surface area contributed by atoms with E-state index in [4.69, 9.17) is 17.3 Å². The van der Waals surface area contributed by atoms with Crippen molar-refractivity contribution in [2.45, 2.75) is 38.8 Å². The van der Waals surface area contributed by atoms with Gasteiger partial charge in [-0.3, -0.25) is 9.59 Å². The van der Waals surface area contributed by atoms with Crippen LogP contribution in [0.4, 0.5) is 0 Å². The molecule has 7 heteroatoms. The first-order valence-electron chi connectivity index (χ1n) is 8.39. The van der Waals surface area contributed by atoms with Gasteiger partial charge < -0.3 is 15.6 Å². The zero-order valence-electron chi connectivity index (χ0n) is 15.0. The molecule has 0 saturated heterocycles. The molecule has 0 spiro atoms. The first-order chi connectivity index (χ1) is 11.9. The van der Waals surface area contributed by atoms with Gasteiger partial charge in [0.2, 0.25) is 0 Å². The number of hydrogen-bond acceptors (Lipinski definition) is 3. The molecular weight excluding hydrogens is 373 g/mol. The van der Waals surface area contributed by atoms with E-state index in [0.29, 0.717) is 23.7 Å². The number of nitrogens with zero attached hydrogens (tertiary/aromatic N) is 1. The van der Waals surface area contributed by atoms with Crippen LogP contribution in [-0.2, 0) is 6.54 Å². The predicted molar refractivity (Wildman–Crippen MR) is 108 cm³/mol. The van der Waals surface area contributed by atoms with Gasteiger partial charge >= 0.3 is 0 Å². The van der Waals surface area contributed by atoms with Crippen LogP contribution in [0.15, 0.2) is 47.4 Å². The summed E-state index contributed by atoms with van der Waals surface area (Å²) in [5, 5.41) is 3.44. The van der Waals surface area contributed by atoms with E-state index in [1.54, 1.807) is 12.3 Å². The number of carbonyl (C=O) groups excluding carboxylic acids is 1. The zero-order valence-corrected chi connectivity index (χ0v) is 16.6. The van der Waals surface area contributed by atoms with E-state index in [1.165, 1.54) is 16.7 Å². The van der Waals surface area contributed by atoms with Crippen molar-refractivity contribution in [2.24, 2.45) is 5.73 Å². The first kappa shape index (κ1) is 22.2. The van der Waals surface area contributed by atoms with Crippen LogP contribution in [0.5, 0.6) is 0 Å². The summed E-state index contributed by atoms with van der Waals surface area (Å²) < 4.78 is 1.48. The summed E-state index contributed by atoms with van der Waals surface area (Å²) in [5.41, 5.74) is 6.85. The number of halogens is 2. The molecule has 0 aliphatic rings. The lowest BCUT2D eigenvalue weighted by Gasteiger charge is -2.26. The Morgan fingerprint density at radius 2 is 1.85 bits per heavy atom. The number of rotatable bonds is 7.